The van der Waals surface area contributed by atoms with Crippen molar-refractivity contribution in [2.45, 2.75) is 0 Å². The number of nitrogens with one attached hydrogen (secondary N) is 1. The van der Waals surface area contributed by atoms with Crippen LogP contribution in [0.25, 0.3) is 33.8 Å². The van der Waals surface area contributed by atoms with E-state index in [-0.39, 0.29) is 5.82 Å². The van der Waals surface area contributed by atoms with Crippen molar-refractivity contribution in [3.05, 3.63) is 67.3 Å². The van der Waals surface area contributed by atoms with Gasteiger partial charge in [0.2, 0.25) is 15.8 Å². The molecule has 9 nitrogen and oxygen atoms in total. The molecule has 10 heteroatoms. The topological polar surface area (TPSA) is 107 Å². The second kappa shape index (κ2) is 6.38. The highest BCUT2D eigenvalue weighted by atomic mass is 32.2. The maximum atomic E-state index is 11.5. The van der Waals surface area contributed by atoms with Gasteiger partial charge in [-0.2, -0.15) is 0 Å². The number of aromatic nitrogens is 6. The number of anilines is 1. The molecule has 0 aliphatic heterocycles. The molecule has 5 aromatic heterocycles. The predicted molar refractivity (Wildman–Crippen MR) is 109 cm³/mol. The molecule has 144 valence electrons. The number of pyridine rings is 2. The summed E-state index contributed by atoms with van der Waals surface area (Å²) >= 11 is 0. The van der Waals surface area contributed by atoms with Gasteiger partial charge in [-0.15, -0.1) is 5.10 Å². The van der Waals surface area contributed by atoms with Gasteiger partial charge >= 0.3 is 0 Å². The average molecular weight is 405 g/mol. The molecule has 0 saturated carbocycles. The van der Waals surface area contributed by atoms with Crippen molar-refractivity contribution >= 4 is 32.3 Å². The zero-order valence-corrected chi connectivity index (χ0v) is 16.1. The minimum atomic E-state index is -3.44. The van der Waals surface area contributed by atoms with E-state index in [1.165, 1.54) is 0 Å². The summed E-state index contributed by atoms with van der Waals surface area (Å²) in [5.74, 6) is 1.27. The molecule has 0 unspecified atom stereocenters. The Morgan fingerprint density at radius 1 is 0.966 bits per heavy atom. The van der Waals surface area contributed by atoms with Crippen molar-refractivity contribution in [1.82, 2.24) is 29.1 Å². The molecule has 0 fully saturated rings. The first kappa shape index (κ1) is 17.3. The van der Waals surface area contributed by atoms with Crippen molar-refractivity contribution < 1.29 is 8.42 Å². The van der Waals surface area contributed by atoms with Crippen LogP contribution in [0.5, 0.6) is 0 Å². The van der Waals surface area contributed by atoms with E-state index < -0.39 is 10.0 Å². The van der Waals surface area contributed by atoms with E-state index in [0.717, 1.165) is 22.7 Å². The summed E-state index contributed by atoms with van der Waals surface area (Å²) in [6, 6.07) is 12.7. The SMILES string of the molecule is CS(=O)(=O)Nc1cccc(-c2nc(-n3ccc4cnccc43)c3cccn3n2)n1. The van der Waals surface area contributed by atoms with Crippen LogP contribution in [0, 0.1) is 0 Å². The van der Waals surface area contributed by atoms with Crippen molar-refractivity contribution in [2.75, 3.05) is 11.0 Å². The van der Waals surface area contributed by atoms with Crippen LogP contribution in [-0.2, 0) is 10.0 Å². The second-order valence-corrected chi connectivity index (χ2v) is 8.25. The molecule has 0 aliphatic carbocycles. The highest BCUT2D eigenvalue weighted by molar-refractivity contribution is 7.92. The highest BCUT2D eigenvalue weighted by Crippen LogP contribution is 2.24. The van der Waals surface area contributed by atoms with E-state index in [2.05, 4.69) is 19.8 Å². The molecule has 5 heterocycles. The summed E-state index contributed by atoms with van der Waals surface area (Å²) in [5.41, 5.74) is 2.25. The lowest BCUT2D eigenvalue weighted by Gasteiger charge is -2.10. The molecule has 0 atom stereocenters. The Morgan fingerprint density at radius 3 is 2.72 bits per heavy atom. The third kappa shape index (κ3) is 3.19. The van der Waals surface area contributed by atoms with Crippen LogP contribution in [0.3, 0.4) is 0 Å². The van der Waals surface area contributed by atoms with Gasteiger partial charge in [-0.1, -0.05) is 6.07 Å². The van der Waals surface area contributed by atoms with Crippen LogP contribution in [0.15, 0.2) is 67.3 Å². The lowest BCUT2D eigenvalue weighted by Crippen LogP contribution is -2.11. The molecular weight excluding hydrogens is 390 g/mol. The van der Waals surface area contributed by atoms with Crippen LogP contribution in [0.1, 0.15) is 0 Å². The first-order valence-electron chi connectivity index (χ1n) is 8.70. The van der Waals surface area contributed by atoms with Gasteiger partial charge in [0, 0.05) is 30.2 Å². The van der Waals surface area contributed by atoms with E-state index in [1.807, 2.05) is 41.2 Å². The molecule has 29 heavy (non-hydrogen) atoms. The van der Waals surface area contributed by atoms with Gasteiger partial charge in [-0.25, -0.2) is 22.9 Å². The van der Waals surface area contributed by atoms with Crippen molar-refractivity contribution in [1.29, 1.82) is 0 Å². The Balaban J connectivity index is 1.70. The number of sulfonamides is 1. The van der Waals surface area contributed by atoms with Crippen LogP contribution in [-0.4, -0.2) is 43.8 Å². The number of hydrogen-bond donors (Lipinski definition) is 1. The maximum Gasteiger partial charge on any atom is 0.230 e. The molecule has 0 spiro atoms. The number of hydrogen-bond acceptors (Lipinski definition) is 6. The maximum absolute atomic E-state index is 11.5. The Bertz CT molecular complexity index is 1470. The standard InChI is InChI=1S/C19H15N7O2S/c1-29(27,28)24-17-6-2-4-14(21-17)18-22-19(16-5-3-10-26(16)23-18)25-11-8-13-12-20-9-7-15(13)25/h2-12H,1H3,(H,21,24). The Kier molecular flexibility index (Phi) is 3.81. The van der Waals surface area contributed by atoms with Crippen molar-refractivity contribution in [3.63, 3.8) is 0 Å². The molecule has 5 rings (SSSR count). The molecule has 5 aromatic rings. The fourth-order valence-electron chi connectivity index (χ4n) is 3.18. The predicted octanol–water partition coefficient (Wildman–Crippen LogP) is 2.50. The summed E-state index contributed by atoms with van der Waals surface area (Å²) in [4.78, 5) is 13.3. The Labute approximate surface area is 165 Å². The van der Waals surface area contributed by atoms with E-state index in [4.69, 9.17) is 4.98 Å². The van der Waals surface area contributed by atoms with Gasteiger partial charge in [-0.05, 0) is 36.4 Å². The van der Waals surface area contributed by atoms with Crippen molar-refractivity contribution in [2.24, 2.45) is 0 Å². The van der Waals surface area contributed by atoms with E-state index in [0.29, 0.717) is 17.3 Å². The molecular formula is C19H15N7O2S. The number of fused-ring (bicyclic) bond motifs is 2. The summed E-state index contributed by atoms with van der Waals surface area (Å²) in [6.07, 6.45) is 8.37. The van der Waals surface area contributed by atoms with Crippen LogP contribution in [0.4, 0.5) is 5.82 Å². The number of rotatable bonds is 4. The lowest BCUT2D eigenvalue weighted by atomic mass is 10.3. The monoisotopic (exact) mass is 405 g/mol. The summed E-state index contributed by atoms with van der Waals surface area (Å²) < 4.78 is 29.1. The summed E-state index contributed by atoms with van der Waals surface area (Å²) in [6.45, 7) is 0. The van der Waals surface area contributed by atoms with Crippen LogP contribution >= 0.6 is 0 Å². The van der Waals surface area contributed by atoms with Crippen LogP contribution in [0.2, 0.25) is 0 Å². The van der Waals surface area contributed by atoms with Gasteiger partial charge in [0.15, 0.2) is 5.82 Å². The molecule has 0 aromatic carbocycles. The van der Waals surface area contributed by atoms with E-state index >= 15 is 0 Å². The third-order valence-electron chi connectivity index (χ3n) is 4.36. The Morgan fingerprint density at radius 2 is 1.86 bits per heavy atom. The average Bonchev–Trinajstić information content (AvgIpc) is 3.33. The zero-order valence-electron chi connectivity index (χ0n) is 15.3. The fourth-order valence-corrected chi connectivity index (χ4v) is 3.67. The van der Waals surface area contributed by atoms with E-state index in [1.54, 1.807) is 35.1 Å². The normalized spacial score (nSPS) is 11.9. The van der Waals surface area contributed by atoms with Gasteiger partial charge in [0.25, 0.3) is 0 Å². The molecule has 0 amide bonds. The second-order valence-electron chi connectivity index (χ2n) is 6.50. The molecule has 0 saturated heterocycles. The highest BCUT2D eigenvalue weighted by Gasteiger charge is 2.14. The molecule has 0 aliphatic rings. The first-order chi connectivity index (χ1) is 14.0. The third-order valence-corrected chi connectivity index (χ3v) is 4.94. The number of nitrogens with zero attached hydrogens (tertiary/aromatic N) is 6. The largest absolute Gasteiger partial charge is 0.299 e. The van der Waals surface area contributed by atoms with Gasteiger partial charge in [0.05, 0.1) is 11.8 Å². The summed E-state index contributed by atoms with van der Waals surface area (Å²) in [7, 11) is -3.44. The minimum Gasteiger partial charge on any atom is -0.299 e. The van der Waals surface area contributed by atoms with Gasteiger partial charge in [0.1, 0.15) is 17.0 Å². The van der Waals surface area contributed by atoms with Gasteiger partial charge < -0.3 is 0 Å². The summed E-state index contributed by atoms with van der Waals surface area (Å²) in [5, 5.41) is 5.53. The van der Waals surface area contributed by atoms with Crippen LogP contribution < -0.4 is 4.72 Å². The molecule has 0 bridgehead atoms. The smallest absolute Gasteiger partial charge is 0.230 e. The fraction of sp³-hybridized carbons (Fsp3) is 0.0526. The molecule has 1 N–H and O–H groups in total. The van der Waals surface area contributed by atoms with Gasteiger partial charge in [-0.3, -0.25) is 14.3 Å². The lowest BCUT2D eigenvalue weighted by molar-refractivity contribution is 0.606. The quantitative estimate of drug-likeness (QED) is 0.492. The van der Waals surface area contributed by atoms with E-state index in [9.17, 15) is 8.42 Å². The zero-order chi connectivity index (χ0) is 20.0. The van der Waals surface area contributed by atoms with Crippen molar-refractivity contribution in [3.8, 4) is 17.3 Å². The first-order valence-corrected chi connectivity index (χ1v) is 10.6. The molecule has 0 radical (unpaired) electrons. The Hall–Kier alpha value is -3.79. The minimum absolute atomic E-state index is 0.209.